The quantitative estimate of drug-likeness (QED) is 0.503. The molecule has 0 saturated heterocycles. The Morgan fingerprint density at radius 2 is 1.36 bits per heavy atom. The van der Waals surface area contributed by atoms with E-state index in [0.29, 0.717) is 27.8 Å². The summed E-state index contributed by atoms with van der Waals surface area (Å²) < 4.78 is 0. The van der Waals surface area contributed by atoms with Gasteiger partial charge in [0.1, 0.15) is 0 Å². The van der Waals surface area contributed by atoms with Crippen molar-refractivity contribution in [2.45, 2.75) is 37.3 Å². The van der Waals surface area contributed by atoms with Crippen LogP contribution < -0.4 is 0 Å². The number of hydrogen-bond acceptors (Lipinski definition) is 2. The molecule has 0 aliphatic carbocycles. The van der Waals surface area contributed by atoms with Crippen LogP contribution in [0.1, 0.15) is 26.7 Å². The molecular weight excluding hydrogens is 207 g/mol. The summed E-state index contributed by atoms with van der Waals surface area (Å²) in [5.74, 6) is 0.518. The molecule has 64 valence electrons. The zero-order chi connectivity index (χ0) is 8.69. The number of Topliss-reactive ketones (excluding diaryl/α,β-unsaturated/α-hetero) is 2. The average molecular weight is 221 g/mol. The molecule has 0 aliphatic rings. The molecule has 0 aromatic heterocycles. The summed E-state index contributed by atoms with van der Waals surface area (Å²) in [6.45, 7) is 3.22. The Morgan fingerprint density at radius 1 is 1.00 bits per heavy atom. The summed E-state index contributed by atoms with van der Waals surface area (Å²) in [5.41, 5.74) is 0. The molecule has 0 radical (unpaired) electrons. The van der Waals surface area contributed by atoms with E-state index in [1.165, 1.54) is 0 Å². The second-order valence-corrected chi connectivity index (χ2v) is 5.09. The molecule has 0 rings (SSSR count). The van der Waals surface area contributed by atoms with Gasteiger partial charge in [0.15, 0.2) is 0 Å². The summed E-state index contributed by atoms with van der Waals surface area (Å²) in [6, 6.07) is 0. The Bertz CT molecular complexity index is 127. The van der Waals surface area contributed by atoms with Crippen molar-refractivity contribution in [3.8, 4) is 0 Å². The number of ketones is 2. The van der Waals surface area contributed by atoms with Crippen LogP contribution in [0.5, 0.6) is 0 Å². The zero-order valence-corrected chi connectivity index (χ0v) is 8.77. The molecule has 0 fully saturated rings. The van der Waals surface area contributed by atoms with Gasteiger partial charge >= 0.3 is 73.4 Å². The van der Waals surface area contributed by atoms with Gasteiger partial charge < -0.3 is 0 Å². The van der Waals surface area contributed by atoms with Crippen molar-refractivity contribution in [2.75, 3.05) is 0 Å². The van der Waals surface area contributed by atoms with Gasteiger partial charge in [0.05, 0.1) is 0 Å². The Morgan fingerprint density at radius 3 is 1.64 bits per heavy atom. The fourth-order valence-electron chi connectivity index (χ4n) is 0.534. The number of rotatable bonds is 6. The van der Waals surface area contributed by atoms with Gasteiger partial charge in [-0.25, -0.2) is 0 Å². The third-order valence-electron chi connectivity index (χ3n) is 1.20. The Labute approximate surface area is 73.9 Å². The molecule has 11 heavy (non-hydrogen) atoms. The van der Waals surface area contributed by atoms with Crippen molar-refractivity contribution in [2.24, 2.45) is 0 Å². The summed E-state index contributed by atoms with van der Waals surface area (Å²) in [7, 11) is 0. The maximum atomic E-state index is 10.5. The van der Waals surface area contributed by atoms with Gasteiger partial charge in [-0.2, -0.15) is 0 Å². The fourth-order valence-corrected chi connectivity index (χ4v) is 2.77. The molecule has 0 heterocycles. The van der Waals surface area contributed by atoms with Crippen molar-refractivity contribution in [1.29, 1.82) is 0 Å². The van der Waals surface area contributed by atoms with E-state index in [-0.39, 0.29) is 11.6 Å². The first kappa shape index (κ1) is 10.9. The van der Waals surface area contributed by atoms with Gasteiger partial charge in [-0.3, -0.25) is 0 Å². The number of hydrogen-bond donors (Lipinski definition) is 0. The third kappa shape index (κ3) is 9.86. The molecule has 0 amide bonds. The van der Waals surface area contributed by atoms with Gasteiger partial charge in [-0.15, -0.1) is 0 Å². The van der Waals surface area contributed by atoms with E-state index < -0.39 is 0 Å². The molecule has 0 aliphatic heterocycles. The minimum atomic E-state index is 0.259. The van der Waals surface area contributed by atoms with Crippen LogP contribution in [0.15, 0.2) is 0 Å². The van der Waals surface area contributed by atoms with E-state index in [9.17, 15) is 9.59 Å². The number of carbonyl (C=O) groups is 2. The maximum absolute atomic E-state index is 10.5. The summed E-state index contributed by atoms with van der Waals surface area (Å²) in [4.78, 5) is 21.0. The first-order valence-electron chi connectivity index (χ1n) is 3.69. The van der Waals surface area contributed by atoms with Crippen molar-refractivity contribution in [3.05, 3.63) is 0 Å². The van der Waals surface area contributed by atoms with Crippen molar-refractivity contribution >= 4 is 26.5 Å². The van der Waals surface area contributed by atoms with Crippen LogP contribution in [0.25, 0.3) is 0 Å². The van der Waals surface area contributed by atoms with Crippen LogP contribution in [-0.4, -0.2) is 26.5 Å². The number of carbonyl (C=O) groups excluding carboxylic acids is 2. The first-order valence-corrected chi connectivity index (χ1v) is 6.12. The van der Waals surface area contributed by atoms with Crippen LogP contribution in [0.3, 0.4) is 0 Å². The van der Waals surface area contributed by atoms with Crippen molar-refractivity contribution in [3.63, 3.8) is 0 Å². The Balaban J connectivity index is 3.03. The summed E-state index contributed by atoms with van der Waals surface area (Å²) in [6.07, 6.45) is 1.38. The molecule has 0 spiro atoms. The van der Waals surface area contributed by atoms with E-state index in [1.54, 1.807) is 13.8 Å². The molecule has 3 heteroatoms. The summed E-state index contributed by atoms with van der Waals surface area (Å²) in [5, 5.41) is 1.99. The van der Waals surface area contributed by atoms with Gasteiger partial charge in [0, 0.05) is 0 Å². The zero-order valence-electron chi connectivity index (χ0n) is 7.05. The van der Waals surface area contributed by atoms with E-state index >= 15 is 0 Å². The second kappa shape index (κ2) is 6.56. The molecule has 0 atom stereocenters. The van der Waals surface area contributed by atoms with Gasteiger partial charge in [0.2, 0.25) is 0 Å². The van der Waals surface area contributed by atoms with Crippen LogP contribution in [0, 0.1) is 0 Å². The van der Waals surface area contributed by atoms with E-state index in [2.05, 4.69) is 0 Å². The molecule has 0 aromatic rings. The Kier molecular flexibility index (Phi) is 6.48. The molecule has 0 saturated carbocycles. The van der Waals surface area contributed by atoms with Crippen LogP contribution in [0.2, 0.25) is 10.6 Å². The predicted octanol–water partition coefficient (Wildman–Crippen LogP) is 1.49. The molecule has 0 unspecified atom stereocenters. The predicted molar refractivity (Wildman–Crippen MR) is 46.0 cm³/mol. The van der Waals surface area contributed by atoms with Crippen LogP contribution >= 0.6 is 0 Å². The van der Waals surface area contributed by atoms with E-state index in [1.807, 2.05) is 0 Å². The molecular formula is C8H14O2Se. The van der Waals surface area contributed by atoms with Gasteiger partial charge in [-0.05, 0) is 0 Å². The average Bonchev–Trinajstić information content (AvgIpc) is 1.85. The van der Waals surface area contributed by atoms with E-state index in [4.69, 9.17) is 0 Å². The molecule has 0 aromatic carbocycles. The van der Waals surface area contributed by atoms with Crippen molar-refractivity contribution < 1.29 is 9.59 Å². The fraction of sp³-hybridized carbons (Fsp3) is 0.750. The van der Waals surface area contributed by atoms with Crippen LogP contribution in [-0.2, 0) is 9.59 Å². The monoisotopic (exact) mass is 222 g/mol. The van der Waals surface area contributed by atoms with Crippen molar-refractivity contribution in [1.82, 2.24) is 0 Å². The topological polar surface area (TPSA) is 34.1 Å². The molecule has 2 nitrogen and oxygen atoms in total. The molecule has 0 N–H and O–H groups in total. The Hall–Kier alpha value is -0.141. The second-order valence-electron chi connectivity index (χ2n) is 2.52. The molecule has 0 bridgehead atoms. The SMILES string of the molecule is CC(=O)CC[Se]CCC(C)=O. The standard InChI is InChI=1S/C8H14O2Se/c1-7(9)3-5-11-6-4-8(2)10/h3-6H2,1-2H3. The first-order chi connectivity index (χ1) is 5.13. The van der Waals surface area contributed by atoms with Crippen LogP contribution in [0.4, 0.5) is 0 Å². The van der Waals surface area contributed by atoms with Gasteiger partial charge in [-0.1, -0.05) is 0 Å². The van der Waals surface area contributed by atoms with Gasteiger partial charge in [0.25, 0.3) is 0 Å². The third-order valence-corrected chi connectivity index (χ3v) is 3.26. The summed E-state index contributed by atoms with van der Waals surface area (Å²) >= 11 is 0.497. The normalized spacial score (nSPS) is 9.64. The minimum absolute atomic E-state index is 0.259. The van der Waals surface area contributed by atoms with E-state index in [0.717, 1.165) is 10.6 Å².